The van der Waals surface area contributed by atoms with E-state index in [9.17, 15) is 4.79 Å². The minimum absolute atomic E-state index is 0.0773. The van der Waals surface area contributed by atoms with Gasteiger partial charge in [0, 0.05) is 29.1 Å². The van der Waals surface area contributed by atoms with Crippen molar-refractivity contribution in [3.63, 3.8) is 0 Å². The van der Waals surface area contributed by atoms with Gasteiger partial charge in [-0.2, -0.15) is 11.3 Å². The molecular weight excluding hydrogens is 270 g/mol. The lowest BCUT2D eigenvalue weighted by molar-refractivity contribution is 0.102. The van der Waals surface area contributed by atoms with Crippen molar-refractivity contribution in [2.24, 2.45) is 0 Å². The fourth-order valence-corrected chi connectivity index (χ4v) is 2.78. The Morgan fingerprint density at radius 1 is 1.35 bits per heavy atom. The summed E-state index contributed by atoms with van der Waals surface area (Å²) < 4.78 is 1.89. The van der Waals surface area contributed by atoms with E-state index in [1.54, 1.807) is 12.5 Å². The maximum absolute atomic E-state index is 12.2. The van der Waals surface area contributed by atoms with Crippen LogP contribution in [-0.2, 0) is 0 Å². The Labute approximate surface area is 120 Å². The molecular formula is C15H13N3OS. The lowest BCUT2D eigenvalue weighted by Gasteiger charge is -2.07. The first-order chi connectivity index (χ1) is 9.74. The van der Waals surface area contributed by atoms with Crippen molar-refractivity contribution < 1.29 is 4.79 Å². The van der Waals surface area contributed by atoms with E-state index in [1.165, 1.54) is 11.3 Å². The van der Waals surface area contributed by atoms with Crippen molar-refractivity contribution in [3.8, 4) is 5.69 Å². The molecule has 0 saturated carbocycles. The first kappa shape index (κ1) is 12.6. The van der Waals surface area contributed by atoms with Crippen LogP contribution in [0.2, 0.25) is 0 Å². The molecule has 0 radical (unpaired) electrons. The van der Waals surface area contributed by atoms with Gasteiger partial charge in [0.1, 0.15) is 0 Å². The molecule has 3 rings (SSSR count). The van der Waals surface area contributed by atoms with Crippen molar-refractivity contribution in [1.29, 1.82) is 0 Å². The third kappa shape index (κ3) is 2.48. The average Bonchev–Trinajstić information content (AvgIpc) is 3.09. The van der Waals surface area contributed by atoms with E-state index in [0.29, 0.717) is 0 Å². The molecule has 0 fully saturated rings. The van der Waals surface area contributed by atoms with Crippen LogP contribution in [0.25, 0.3) is 5.69 Å². The Hall–Kier alpha value is -2.40. The normalized spacial score (nSPS) is 10.4. The van der Waals surface area contributed by atoms with Crippen LogP contribution < -0.4 is 5.32 Å². The van der Waals surface area contributed by atoms with E-state index in [1.807, 2.05) is 52.7 Å². The van der Waals surface area contributed by atoms with Gasteiger partial charge in [-0.1, -0.05) is 6.07 Å². The van der Waals surface area contributed by atoms with Gasteiger partial charge in [0.2, 0.25) is 0 Å². The van der Waals surface area contributed by atoms with E-state index in [4.69, 9.17) is 0 Å². The number of aromatic nitrogens is 2. The van der Waals surface area contributed by atoms with Crippen LogP contribution in [0.15, 0.2) is 53.7 Å². The van der Waals surface area contributed by atoms with Crippen LogP contribution in [0.5, 0.6) is 0 Å². The second-order valence-electron chi connectivity index (χ2n) is 4.44. The van der Waals surface area contributed by atoms with Crippen molar-refractivity contribution in [1.82, 2.24) is 9.55 Å². The molecule has 20 heavy (non-hydrogen) atoms. The number of thiophene rings is 1. The van der Waals surface area contributed by atoms with Gasteiger partial charge in [-0.05, 0) is 36.1 Å². The zero-order chi connectivity index (χ0) is 13.9. The smallest absolute Gasteiger partial charge is 0.256 e. The number of hydrogen-bond donors (Lipinski definition) is 1. The number of nitrogens with zero attached hydrogens (tertiary/aromatic N) is 2. The summed E-state index contributed by atoms with van der Waals surface area (Å²) in [5, 5.41) is 6.76. The SMILES string of the molecule is Cc1cscc1C(=O)Nc1cccc(-n2ccnc2)c1. The molecule has 3 aromatic rings. The monoisotopic (exact) mass is 283 g/mol. The first-order valence-corrected chi connectivity index (χ1v) is 7.11. The minimum atomic E-state index is -0.0773. The van der Waals surface area contributed by atoms with Gasteiger partial charge in [-0.25, -0.2) is 4.98 Å². The van der Waals surface area contributed by atoms with Gasteiger partial charge in [-0.3, -0.25) is 4.79 Å². The largest absolute Gasteiger partial charge is 0.322 e. The minimum Gasteiger partial charge on any atom is -0.322 e. The van der Waals surface area contributed by atoms with Gasteiger partial charge in [0.05, 0.1) is 11.9 Å². The number of nitrogens with one attached hydrogen (secondary N) is 1. The molecule has 4 nitrogen and oxygen atoms in total. The summed E-state index contributed by atoms with van der Waals surface area (Å²) in [7, 11) is 0. The van der Waals surface area contributed by atoms with Crippen molar-refractivity contribution >= 4 is 22.9 Å². The summed E-state index contributed by atoms with van der Waals surface area (Å²) in [6, 6.07) is 7.67. The highest BCUT2D eigenvalue weighted by atomic mass is 32.1. The van der Waals surface area contributed by atoms with E-state index in [2.05, 4.69) is 10.3 Å². The van der Waals surface area contributed by atoms with Crippen LogP contribution in [0.4, 0.5) is 5.69 Å². The molecule has 2 heterocycles. The zero-order valence-electron chi connectivity index (χ0n) is 10.9. The number of anilines is 1. The molecule has 0 bridgehead atoms. The van der Waals surface area contributed by atoms with E-state index in [-0.39, 0.29) is 5.91 Å². The van der Waals surface area contributed by atoms with Crippen molar-refractivity contribution in [2.45, 2.75) is 6.92 Å². The van der Waals surface area contributed by atoms with Crippen LogP contribution in [0, 0.1) is 6.92 Å². The van der Waals surface area contributed by atoms with Gasteiger partial charge in [-0.15, -0.1) is 0 Å². The fourth-order valence-electron chi connectivity index (χ4n) is 1.95. The number of rotatable bonds is 3. The van der Waals surface area contributed by atoms with Crippen molar-refractivity contribution in [3.05, 3.63) is 64.9 Å². The van der Waals surface area contributed by atoms with Crippen LogP contribution in [0.3, 0.4) is 0 Å². The molecule has 1 aromatic carbocycles. The van der Waals surface area contributed by atoms with Crippen LogP contribution >= 0.6 is 11.3 Å². The van der Waals surface area contributed by atoms with E-state index in [0.717, 1.165) is 22.5 Å². The van der Waals surface area contributed by atoms with Gasteiger partial charge in [0.25, 0.3) is 5.91 Å². The molecule has 0 aliphatic carbocycles. The molecule has 0 atom stereocenters. The molecule has 0 aliphatic heterocycles. The number of imidazole rings is 1. The first-order valence-electron chi connectivity index (χ1n) is 6.16. The summed E-state index contributed by atoms with van der Waals surface area (Å²) in [6.45, 7) is 1.94. The Balaban J connectivity index is 1.83. The zero-order valence-corrected chi connectivity index (χ0v) is 11.7. The molecule has 1 N–H and O–H groups in total. The molecule has 0 aliphatic rings. The molecule has 1 amide bonds. The second kappa shape index (κ2) is 5.30. The number of carbonyl (C=O) groups is 1. The number of amides is 1. The van der Waals surface area contributed by atoms with Crippen molar-refractivity contribution in [2.75, 3.05) is 5.32 Å². The summed E-state index contributed by atoms with van der Waals surface area (Å²) in [5.74, 6) is -0.0773. The molecule has 5 heteroatoms. The molecule has 100 valence electrons. The van der Waals surface area contributed by atoms with Crippen LogP contribution in [0.1, 0.15) is 15.9 Å². The van der Waals surface area contributed by atoms with Gasteiger partial charge in [0.15, 0.2) is 0 Å². The summed E-state index contributed by atoms with van der Waals surface area (Å²) in [5.41, 5.74) is 3.45. The molecule has 0 spiro atoms. The lowest BCUT2D eigenvalue weighted by Crippen LogP contribution is -2.12. The average molecular weight is 283 g/mol. The third-order valence-electron chi connectivity index (χ3n) is 3.01. The predicted octanol–water partition coefficient (Wildman–Crippen LogP) is 3.49. The van der Waals surface area contributed by atoms with Gasteiger partial charge < -0.3 is 9.88 Å². The number of carbonyl (C=O) groups excluding carboxylic acids is 1. The number of benzene rings is 1. The Bertz CT molecular complexity index is 731. The highest BCUT2D eigenvalue weighted by molar-refractivity contribution is 7.08. The molecule has 0 saturated heterocycles. The topological polar surface area (TPSA) is 46.9 Å². The maximum Gasteiger partial charge on any atom is 0.256 e. The summed E-state index contributed by atoms with van der Waals surface area (Å²) in [6.07, 6.45) is 5.31. The highest BCUT2D eigenvalue weighted by Crippen LogP contribution is 2.18. The Morgan fingerprint density at radius 3 is 2.95 bits per heavy atom. The number of hydrogen-bond acceptors (Lipinski definition) is 3. The van der Waals surface area contributed by atoms with Crippen LogP contribution in [-0.4, -0.2) is 15.5 Å². The van der Waals surface area contributed by atoms with E-state index >= 15 is 0 Å². The highest BCUT2D eigenvalue weighted by Gasteiger charge is 2.10. The molecule has 2 aromatic heterocycles. The maximum atomic E-state index is 12.2. The Morgan fingerprint density at radius 2 is 2.25 bits per heavy atom. The lowest BCUT2D eigenvalue weighted by atomic mass is 10.2. The summed E-state index contributed by atoms with van der Waals surface area (Å²) >= 11 is 1.53. The standard InChI is InChI=1S/C15H13N3OS/c1-11-8-20-9-14(11)15(19)17-12-3-2-4-13(7-12)18-6-5-16-10-18/h2-10H,1H3,(H,17,19). The second-order valence-corrected chi connectivity index (χ2v) is 5.19. The van der Waals surface area contributed by atoms with E-state index < -0.39 is 0 Å². The summed E-state index contributed by atoms with van der Waals surface area (Å²) in [4.78, 5) is 16.2. The van der Waals surface area contributed by atoms with Gasteiger partial charge >= 0.3 is 0 Å². The third-order valence-corrected chi connectivity index (χ3v) is 3.87. The fraction of sp³-hybridized carbons (Fsp3) is 0.0667. The Kier molecular flexibility index (Phi) is 3.35. The number of aryl methyl sites for hydroxylation is 1. The predicted molar refractivity (Wildman–Crippen MR) is 80.6 cm³/mol. The molecule has 0 unspecified atom stereocenters. The quantitative estimate of drug-likeness (QED) is 0.799.